The topological polar surface area (TPSA) is 91.0 Å². The van der Waals surface area contributed by atoms with Gasteiger partial charge in [0, 0.05) is 43.5 Å². The number of amides is 1. The minimum Gasteiger partial charge on any atom is -0.357 e. The zero-order chi connectivity index (χ0) is 19.2. The van der Waals surface area contributed by atoms with Crippen molar-refractivity contribution in [1.82, 2.24) is 20.3 Å². The fourth-order valence-corrected chi connectivity index (χ4v) is 3.62. The van der Waals surface area contributed by atoms with E-state index >= 15 is 0 Å². The van der Waals surface area contributed by atoms with Crippen molar-refractivity contribution in [3.8, 4) is 0 Å². The minimum absolute atomic E-state index is 0.0812. The Bertz CT molecular complexity index is 861. The molecule has 8 heteroatoms. The van der Waals surface area contributed by atoms with E-state index in [0.717, 1.165) is 24.5 Å². The zero-order valence-electron chi connectivity index (χ0n) is 15.7. The molecule has 0 aromatic carbocycles. The lowest BCUT2D eigenvalue weighted by Crippen LogP contribution is -2.25. The molecule has 0 spiro atoms. The van der Waals surface area contributed by atoms with Crippen LogP contribution in [0.5, 0.6) is 0 Å². The Balaban J connectivity index is 1.53. The van der Waals surface area contributed by atoms with Crippen molar-refractivity contribution in [3.63, 3.8) is 0 Å². The second-order valence-corrected chi connectivity index (χ2v) is 7.43. The van der Waals surface area contributed by atoms with E-state index in [4.69, 9.17) is 0 Å². The van der Waals surface area contributed by atoms with E-state index in [9.17, 15) is 9.59 Å². The number of hydrogen-bond acceptors (Lipinski definition) is 6. The molecule has 2 aromatic rings. The third-order valence-corrected chi connectivity index (χ3v) is 5.31. The maximum Gasteiger partial charge on any atom is 0.254 e. The average molecular weight is 388 g/mol. The van der Waals surface area contributed by atoms with Gasteiger partial charge in [-0.1, -0.05) is 11.8 Å². The number of aryl methyl sites for hydroxylation is 1. The van der Waals surface area contributed by atoms with Crippen molar-refractivity contribution in [2.45, 2.75) is 44.3 Å². The van der Waals surface area contributed by atoms with Crippen molar-refractivity contribution in [3.05, 3.63) is 45.5 Å². The predicted molar refractivity (Wildman–Crippen MR) is 107 cm³/mol. The molecular formula is C19H25N5O2S. The highest BCUT2D eigenvalue weighted by molar-refractivity contribution is 7.98. The third kappa shape index (κ3) is 5.09. The summed E-state index contributed by atoms with van der Waals surface area (Å²) < 4.78 is 0. The van der Waals surface area contributed by atoms with Gasteiger partial charge in [0.25, 0.3) is 5.56 Å². The number of hydrogen-bond donors (Lipinski definition) is 2. The van der Waals surface area contributed by atoms with E-state index in [2.05, 4.69) is 25.2 Å². The molecule has 1 fully saturated rings. The van der Waals surface area contributed by atoms with E-state index in [0.29, 0.717) is 29.4 Å². The van der Waals surface area contributed by atoms with Gasteiger partial charge in [-0.15, -0.1) is 0 Å². The molecule has 3 heterocycles. The summed E-state index contributed by atoms with van der Waals surface area (Å²) in [6.45, 7) is 4.35. The van der Waals surface area contributed by atoms with Crippen LogP contribution in [0.4, 0.5) is 5.82 Å². The second kappa shape index (κ2) is 9.03. The van der Waals surface area contributed by atoms with Crippen LogP contribution in [0.3, 0.4) is 0 Å². The molecular weight excluding hydrogens is 362 g/mol. The standard InChI is InChI=1S/C19H25N5O2S/c1-13-15(18(26)23-19(22-13)27-2)5-6-17(25)21-12-14-7-8-20-16(11-14)24-9-3-4-10-24/h7-8,11H,3-6,9-10,12H2,1-2H3,(H,21,25)(H,22,23,26). The van der Waals surface area contributed by atoms with Gasteiger partial charge in [-0.25, -0.2) is 9.97 Å². The summed E-state index contributed by atoms with van der Waals surface area (Å²) in [5.74, 6) is 0.892. The van der Waals surface area contributed by atoms with Gasteiger partial charge in [0.2, 0.25) is 5.91 Å². The van der Waals surface area contributed by atoms with Gasteiger partial charge in [0.1, 0.15) is 5.82 Å². The normalized spacial score (nSPS) is 13.8. The Morgan fingerprint density at radius 3 is 2.85 bits per heavy atom. The van der Waals surface area contributed by atoms with Crippen LogP contribution in [0.1, 0.15) is 36.1 Å². The van der Waals surface area contributed by atoms with Gasteiger partial charge < -0.3 is 15.2 Å². The number of nitrogens with one attached hydrogen (secondary N) is 2. The molecule has 0 unspecified atom stereocenters. The average Bonchev–Trinajstić information content (AvgIpc) is 3.20. The number of thioether (sulfide) groups is 1. The van der Waals surface area contributed by atoms with Crippen LogP contribution < -0.4 is 15.8 Å². The number of aromatic amines is 1. The number of nitrogens with zero attached hydrogens (tertiary/aromatic N) is 3. The van der Waals surface area contributed by atoms with E-state index in [1.807, 2.05) is 18.4 Å². The van der Waals surface area contributed by atoms with Gasteiger partial charge in [-0.2, -0.15) is 0 Å². The highest BCUT2D eigenvalue weighted by Gasteiger charge is 2.14. The summed E-state index contributed by atoms with van der Waals surface area (Å²) in [6, 6.07) is 3.95. The van der Waals surface area contributed by atoms with Crippen LogP contribution in [0.2, 0.25) is 0 Å². The summed E-state index contributed by atoms with van der Waals surface area (Å²) in [6.07, 6.45) is 6.69. The lowest BCUT2D eigenvalue weighted by molar-refractivity contribution is -0.121. The van der Waals surface area contributed by atoms with Gasteiger partial charge in [-0.05, 0) is 50.1 Å². The zero-order valence-corrected chi connectivity index (χ0v) is 16.6. The Morgan fingerprint density at radius 1 is 1.37 bits per heavy atom. The van der Waals surface area contributed by atoms with Crippen molar-refractivity contribution in [2.75, 3.05) is 24.2 Å². The van der Waals surface area contributed by atoms with Crippen molar-refractivity contribution >= 4 is 23.5 Å². The molecule has 1 amide bonds. The number of aromatic nitrogens is 3. The first-order valence-electron chi connectivity index (χ1n) is 9.17. The van der Waals surface area contributed by atoms with E-state index in [1.54, 1.807) is 13.1 Å². The van der Waals surface area contributed by atoms with Crippen LogP contribution in [0.25, 0.3) is 0 Å². The smallest absolute Gasteiger partial charge is 0.254 e. The minimum atomic E-state index is -0.163. The number of carbonyl (C=O) groups excluding carboxylic acids is 1. The Hall–Kier alpha value is -2.35. The summed E-state index contributed by atoms with van der Waals surface area (Å²) >= 11 is 1.39. The number of rotatable bonds is 7. The predicted octanol–water partition coefficient (Wildman–Crippen LogP) is 2.04. The van der Waals surface area contributed by atoms with Crippen molar-refractivity contribution in [1.29, 1.82) is 0 Å². The quantitative estimate of drug-likeness (QED) is 0.558. The molecule has 2 N–H and O–H groups in total. The fourth-order valence-electron chi connectivity index (χ4n) is 3.19. The SMILES string of the molecule is CSc1nc(C)c(CCC(=O)NCc2ccnc(N3CCCC3)c2)c(=O)[nH]1. The highest BCUT2D eigenvalue weighted by atomic mass is 32.2. The van der Waals surface area contributed by atoms with Crippen LogP contribution in [0, 0.1) is 6.92 Å². The van der Waals surface area contributed by atoms with Gasteiger partial charge in [0.05, 0.1) is 0 Å². The molecule has 0 radical (unpaired) electrons. The number of anilines is 1. The number of H-pyrrole nitrogens is 1. The fraction of sp³-hybridized carbons (Fsp3) is 0.474. The first kappa shape index (κ1) is 19.4. The summed E-state index contributed by atoms with van der Waals surface area (Å²) in [5, 5.41) is 3.52. The van der Waals surface area contributed by atoms with Crippen molar-refractivity contribution in [2.24, 2.45) is 0 Å². The van der Waals surface area contributed by atoms with E-state index in [1.165, 1.54) is 24.6 Å². The number of pyridine rings is 1. The molecule has 144 valence electrons. The molecule has 1 aliphatic heterocycles. The molecule has 2 aromatic heterocycles. The molecule has 3 rings (SSSR count). The van der Waals surface area contributed by atoms with Crippen LogP contribution >= 0.6 is 11.8 Å². The first-order chi connectivity index (χ1) is 13.1. The molecule has 27 heavy (non-hydrogen) atoms. The molecule has 0 bridgehead atoms. The maximum absolute atomic E-state index is 12.2. The second-order valence-electron chi connectivity index (χ2n) is 6.63. The molecule has 0 aliphatic carbocycles. The van der Waals surface area contributed by atoms with Gasteiger partial charge in [0.15, 0.2) is 5.16 Å². The van der Waals surface area contributed by atoms with Gasteiger partial charge >= 0.3 is 0 Å². The molecule has 1 aliphatic rings. The molecule has 1 saturated heterocycles. The summed E-state index contributed by atoms with van der Waals surface area (Å²) in [4.78, 5) is 38.1. The Labute approximate surface area is 163 Å². The highest BCUT2D eigenvalue weighted by Crippen LogP contribution is 2.18. The summed E-state index contributed by atoms with van der Waals surface area (Å²) in [5.41, 5.74) is 2.12. The van der Waals surface area contributed by atoms with E-state index < -0.39 is 0 Å². The van der Waals surface area contributed by atoms with Crippen LogP contribution in [-0.2, 0) is 17.8 Å². The van der Waals surface area contributed by atoms with Crippen LogP contribution in [-0.4, -0.2) is 40.2 Å². The van der Waals surface area contributed by atoms with E-state index in [-0.39, 0.29) is 17.9 Å². The first-order valence-corrected chi connectivity index (χ1v) is 10.4. The lowest BCUT2D eigenvalue weighted by atomic mass is 10.1. The van der Waals surface area contributed by atoms with Gasteiger partial charge in [-0.3, -0.25) is 9.59 Å². The number of carbonyl (C=O) groups is 1. The Kier molecular flexibility index (Phi) is 6.49. The maximum atomic E-state index is 12.2. The summed E-state index contributed by atoms with van der Waals surface area (Å²) in [7, 11) is 0. The molecule has 0 atom stereocenters. The Morgan fingerprint density at radius 2 is 2.15 bits per heavy atom. The monoisotopic (exact) mass is 387 g/mol. The molecule has 0 saturated carbocycles. The van der Waals surface area contributed by atoms with Crippen molar-refractivity contribution < 1.29 is 4.79 Å². The van der Waals surface area contributed by atoms with Crippen LogP contribution in [0.15, 0.2) is 28.3 Å². The lowest BCUT2D eigenvalue weighted by Gasteiger charge is -2.17. The third-order valence-electron chi connectivity index (χ3n) is 4.73. The molecule has 7 nitrogen and oxygen atoms in total. The largest absolute Gasteiger partial charge is 0.357 e.